The van der Waals surface area contributed by atoms with Crippen molar-refractivity contribution in [1.82, 2.24) is 10.6 Å². The van der Waals surface area contributed by atoms with Crippen LogP contribution in [0.5, 0.6) is 0 Å². The molecule has 3 N–H and O–H groups in total. The molecule has 0 bridgehead atoms. The van der Waals surface area contributed by atoms with Gasteiger partial charge in [-0.25, -0.2) is 4.79 Å². The van der Waals surface area contributed by atoms with Gasteiger partial charge in [0.2, 0.25) is 0 Å². The molecular weight excluding hydrogens is 332 g/mol. The highest BCUT2D eigenvalue weighted by Crippen LogP contribution is 2.26. The van der Waals surface area contributed by atoms with Crippen LogP contribution in [0, 0.1) is 5.92 Å². The van der Waals surface area contributed by atoms with Crippen molar-refractivity contribution in [2.45, 2.75) is 31.8 Å². The van der Waals surface area contributed by atoms with E-state index in [9.17, 15) is 9.59 Å². The van der Waals surface area contributed by atoms with Crippen molar-refractivity contribution in [3.8, 4) is 0 Å². The summed E-state index contributed by atoms with van der Waals surface area (Å²) in [5.41, 5.74) is 0. The number of thiophene rings is 1. The second kappa shape index (κ2) is 6.38. The Balaban J connectivity index is 1.81. The number of carbonyl (C=O) groups excluding carboxylic acids is 1. The fraction of sp³-hybridized carbons (Fsp3) is 0.500. The summed E-state index contributed by atoms with van der Waals surface area (Å²) in [4.78, 5) is 23.8. The van der Waals surface area contributed by atoms with Gasteiger partial charge in [0.25, 0.3) is 0 Å². The lowest BCUT2D eigenvalue weighted by molar-refractivity contribution is -0.142. The van der Waals surface area contributed by atoms with Crippen molar-refractivity contribution >= 4 is 39.3 Å². The maximum Gasteiger partial charge on any atom is 0.315 e. The molecule has 2 rings (SSSR count). The summed E-state index contributed by atoms with van der Waals surface area (Å²) >= 11 is 4.95. The van der Waals surface area contributed by atoms with Gasteiger partial charge >= 0.3 is 12.0 Å². The zero-order valence-electron chi connectivity index (χ0n) is 10.2. The average Bonchev–Trinajstić information content (AvgIpc) is 2.95. The Labute approximate surface area is 123 Å². The Hall–Kier alpha value is -1.08. The number of rotatable bonds is 4. The molecule has 0 saturated heterocycles. The van der Waals surface area contributed by atoms with Crippen LogP contribution in [-0.4, -0.2) is 23.1 Å². The van der Waals surface area contributed by atoms with Gasteiger partial charge in [-0.2, -0.15) is 0 Å². The molecule has 2 atom stereocenters. The first-order valence-electron chi connectivity index (χ1n) is 6.07. The molecule has 1 aliphatic rings. The van der Waals surface area contributed by atoms with Gasteiger partial charge in [0.1, 0.15) is 0 Å². The lowest BCUT2D eigenvalue weighted by atomic mass is 10.0. The summed E-state index contributed by atoms with van der Waals surface area (Å²) in [6.45, 7) is 0.439. The first kappa shape index (κ1) is 14.3. The summed E-state index contributed by atoms with van der Waals surface area (Å²) in [6.07, 6.45) is 2.21. The van der Waals surface area contributed by atoms with E-state index >= 15 is 0 Å². The molecule has 0 spiro atoms. The number of carboxylic acids is 1. The zero-order valence-corrected chi connectivity index (χ0v) is 12.6. The minimum Gasteiger partial charge on any atom is -0.481 e. The van der Waals surface area contributed by atoms with E-state index in [0.717, 1.165) is 22.2 Å². The smallest absolute Gasteiger partial charge is 0.315 e. The molecule has 1 aliphatic carbocycles. The summed E-state index contributed by atoms with van der Waals surface area (Å²) in [5, 5.41) is 16.5. The summed E-state index contributed by atoms with van der Waals surface area (Å²) in [5.74, 6) is -1.29. The number of aliphatic carboxylic acids is 1. The van der Waals surface area contributed by atoms with Crippen LogP contribution in [0.4, 0.5) is 4.79 Å². The van der Waals surface area contributed by atoms with E-state index in [1.54, 1.807) is 11.3 Å². The zero-order chi connectivity index (χ0) is 13.8. The van der Waals surface area contributed by atoms with E-state index in [2.05, 4.69) is 26.6 Å². The maximum absolute atomic E-state index is 11.7. The van der Waals surface area contributed by atoms with Gasteiger partial charge in [-0.05, 0) is 40.2 Å². The highest BCUT2D eigenvalue weighted by atomic mass is 79.9. The molecule has 1 aromatic rings. The number of hydrogen-bond acceptors (Lipinski definition) is 3. The number of carbonyl (C=O) groups is 2. The lowest BCUT2D eigenvalue weighted by Crippen LogP contribution is -2.45. The molecule has 0 aliphatic heterocycles. The largest absolute Gasteiger partial charge is 0.481 e. The number of amides is 2. The minimum absolute atomic E-state index is 0.260. The molecule has 1 heterocycles. The molecule has 2 unspecified atom stereocenters. The van der Waals surface area contributed by atoms with E-state index in [0.29, 0.717) is 13.0 Å². The standard InChI is InChI=1S/C12H15BrN2O3S/c13-8-4-5-19-10(8)6-14-12(18)15-9-3-1-2-7(9)11(16)17/h4-5,7,9H,1-3,6H2,(H,16,17)(H2,14,15,18). The molecule has 7 heteroatoms. The van der Waals surface area contributed by atoms with Gasteiger partial charge in [-0.15, -0.1) is 11.3 Å². The van der Waals surface area contributed by atoms with Crippen LogP contribution < -0.4 is 10.6 Å². The van der Waals surface area contributed by atoms with Gasteiger partial charge < -0.3 is 15.7 Å². The van der Waals surface area contributed by atoms with Crippen molar-refractivity contribution in [3.05, 3.63) is 20.8 Å². The molecule has 1 saturated carbocycles. The third kappa shape index (κ3) is 3.70. The second-order valence-corrected chi connectivity index (χ2v) is 6.36. The molecule has 19 heavy (non-hydrogen) atoms. The van der Waals surface area contributed by atoms with Crippen LogP contribution in [0.3, 0.4) is 0 Å². The lowest BCUT2D eigenvalue weighted by Gasteiger charge is -2.17. The maximum atomic E-state index is 11.7. The van der Waals surface area contributed by atoms with Crippen molar-refractivity contribution in [1.29, 1.82) is 0 Å². The van der Waals surface area contributed by atoms with Crippen molar-refractivity contribution < 1.29 is 14.7 Å². The number of nitrogens with one attached hydrogen (secondary N) is 2. The van der Waals surface area contributed by atoms with Gasteiger partial charge in [-0.3, -0.25) is 4.79 Å². The Morgan fingerprint density at radius 1 is 1.47 bits per heavy atom. The summed E-state index contributed by atoms with van der Waals surface area (Å²) in [7, 11) is 0. The highest BCUT2D eigenvalue weighted by molar-refractivity contribution is 9.10. The Kier molecular flexibility index (Phi) is 4.81. The van der Waals surface area contributed by atoms with Crippen LogP contribution in [0.2, 0.25) is 0 Å². The number of hydrogen-bond donors (Lipinski definition) is 3. The quantitative estimate of drug-likeness (QED) is 0.783. The second-order valence-electron chi connectivity index (χ2n) is 4.50. The van der Waals surface area contributed by atoms with E-state index in [1.165, 1.54) is 0 Å². The topological polar surface area (TPSA) is 78.4 Å². The highest BCUT2D eigenvalue weighted by Gasteiger charge is 2.33. The van der Waals surface area contributed by atoms with E-state index in [-0.39, 0.29) is 12.1 Å². The SMILES string of the molecule is O=C(NCc1sccc1Br)NC1CCCC1C(=O)O. The van der Waals surface area contributed by atoms with Gasteiger partial charge in [0.05, 0.1) is 12.5 Å². The van der Waals surface area contributed by atoms with Crippen LogP contribution in [0.15, 0.2) is 15.9 Å². The van der Waals surface area contributed by atoms with Crippen LogP contribution in [0.25, 0.3) is 0 Å². The third-order valence-corrected chi connectivity index (χ3v) is 5.18. The summed E-state index contributed by atoms with van der Waals surface area (Å²) in [6, 6.07) is 1.36. The number of urea groups is 1. The van der Waals surface area contributed by atoms with Gasteiger partial charge in [0, 0.05) is 15.4 Å². The first-order valence-corrected chi connectivity index (χ1v) is 7.74. The fourth-order valence-electron chi connectivity index (χ4n) is 2.26. The fourth-order valence-corrected chi connectivity index (χ4v) is 3.69. The van der Waals surface area contributed by atoms with Crippen molar-refractivity contribution in [3.63, 3.8) is 0 Å². The summed E-state index contributed by atoms with van der Waals surface area (Å²) < 4.78 is 0.974. The normalized spacial score (nSPS) is 22.2. The molecule has 0 radical (unpaired) electrons. The first-order chi connectivity index (χ1) is 9.08. The Morgan fingerprint density at radius 3 is 2.89 bits per heavy atom. The number of halogens is 1. The Bertz CT molecular complexity index is 477. The monoisotopic (exact) mass is 346 g/mol. The average molecular weight is 347 g/mol. The third-order valence-electron chi connectivity index (χ3n) is 3.25. The number of carboxylic acid groups (broad SMARTS) is 1. The molecule has 1 aromatic heterocycles. The van der Waals surface area contributed by atoms with Gasteiger partial charge in [0.15, 0.2) is 0 Å². The molecule has 104 valence electrons. The van der Waals surface area contributed by atoms with Crippen LogP contribution in [-0.2, 0) is 11.3 Å². The molecule has 2 amide bonds. The van der Waals surface area contributed by atoms with Crippen LogP contribution >= 0.6 is 27.3 Å². The van der Waals surface area contributed by atoms with Crippen molar-refractivity contribution in [2.75, 3.05) is 0 Å². The van der Waals surface area contributed by atoms with E-state index in [4.69, 9.17) is 5.11 Å². The van der Waals surface area contributed by atoms with Crippen molar-refractivity contribution in [2.24, 2.45) is 5.92 Å². The molecule has 5 nitrogen and oxygen atoms in total. The van der Waals surface area contributed by atoms with Gasteiger partial charge in [-0.1, -0.05) is 6.42 Å². The predicted molar refractivity (Wildman–Crippen MR) is 76.2 cm³/mol. The predicted octanol–water partition coefficient (Wildman–Crippen LogP) is 2.56. The van der Waals surface area contributed by atoms with E-state index < -0.39 is 11.9 Å². The Morgan fingerprint density at radius 2 is 2.26 bits per heavy atom. The van der Waals surface area contributed by atoms with E-state index in [1.807, 2.05) is 11.4 Å². The molecule has 1 fully saturated rings. The minimum atomic E-state index is -0.830. The molecule has 0 aromatic carbocycles. The molecular formula is C12H15BrN2O3S. The van der Waals surface area contributed by atoms with Crippen LogP contribution in [0.1, 0.15) is 24.1 Å².